The molecule has 0 saturated heterocycles. The summed E-state index contributed by atoms with van der Waals surface area (Å²) in [6.45, 7) is 6.05. The molecule has 2 rings (SSSR count). The van der Waals surface area contributed by atoms with Gasteiger partial charge in [-0.25, -0.2) is 4.39 Å². The highest BCUT2D eigenvalue weighted by Crippen LogP contribution is 2.22. The average Bonchev–Trinajstić information content (AvgIpc) is 2.41. The van der Waals surface area contributed by atoms with E-state index in [-0.39, 0.29) is 18.0 Å². The van der Waals surface area contributed by atoms with Gasteiger partial charge in [-0.1, -0.05) is 12.1 Å². The highest BCUT2D eigenvalue weighted by Gasteiger charge is 2.05. The fourth-order valence-electron chi connectivity index (χ4n) is 1.99. The molecule has 0 heterocycles. The first-order valence-electron chi connectivity index (χ1n) is 6.83. The van der Waals surface area contributed by atoms with Crippen molar-refractivity contribution in [2.45, 2.75) is 32.9 Å². The fourth-order valence-corrected chi connectivity index (χ4v) is 1.99. The third-order valence-electron chi connectivity index (χ3n) is 2.98. The summed E-state index contributed by atoms with van der Waals surface area (Å²) in [5.41, 5.74) is 2.06. The Kier molecular flexibility index (Phi) is 4.61. The van der Waals surface area contributed by atoms with Gasteiger partial charge in [-0.3, -0.25) is 0 Å². The molecule has 1 N–H and O–H groups in total. The maximum atomic E-state index is 12.9. The fraction of sp³-hybridized carbons (Fsp3) is 0.294. The Hall–Kier alpha value is -2.03. The van der Waals surface area contributed by atoms with Gasteiger partial charge < -0.3 is 10.1 Å². The third kappa shape index (κ3) is 3.98. The minimum atomic E-state index is -0.212. The topological polar surface area (TPSA) is 21.3 Å². The smallest absolute Gasteiger partial charge is 0.123 e. The SMILES string of the molecule is CC(C)Oc1ccc(NC(C)c2ccc(F)cc2)cc1. The molecule has 106 valence electrons. The summed E-state index contributed by atoms with van der Waals surface area (Å²) < 4.78 is 18.5. The van der Waals surface area contributed by atoms with Crippen LogP contribution in [-0.4, -0.2) is 6.10 Å². The standard InChI is InChI=1S/C17H20FNO/c1-12(2)20-17-10-8-16(9-11-17)19-13(3)14-4-6-15(18)7-5-14/h4-13,19H,1-3H3. The van der Waals surface area contributed by atoms with Gasteiger partial charge in [0.15, 0.2) is 0 Å². The highest BCUT2D eigenvalue weighted by atomic mass is 19.1. The van der Waals surface area contributed by atoms with Gasteiger partial charge in [0.1, 0.15) is 11.6 Å². The van der Waals surface area contributed by atoms with Gasteiger partial charge >= 0.3 is 0 Å². The first kappa shape index (κ1) is 14.4. The lowest BCUT2D eigenvalue weighted by molar-refractivity contribution is 0.242. The van der Waals surface area contributed by atoms with Crippen LogP contribution in [0.4, 0.5) is 10.1 Å². The Bertz CT molecular complexity index is 534. The van der Waals surface area contributed by atoms with Gasteiger partial charge in [0.2, 0.25) is 0 Å². The second kappa shape index (κ2) is 6.42. The van der Waals surface area contributed by atoms with E-state index in [4.69, 9.17) is 4.74 Å². The molecule has 0 fully saturated rings. The third-order valence-corrected chi connectivity index (χ3v) is 2.98. The maximum Gasteiger partial charge on any atom is 0.123 e. The summed E-state index contributed by atoms with van der Waals surface area (Å²) in [6.07, 6.45) is 0.173. The molecule has 0 aliphatic rings. The normalized spacial score (nSPS) is 12.2. The number of anilines is 1. The summed E-state index contributed by atoms with van der Waals surface area (Å²) in [7, 11) is 0. The summed E-state index contributed by atoms with van der Waals surface area (Å²) in [5.74, 6) is 0.649. The molecule has 0 spiro atoms. The number of halogens is 1. The molecule has 0 radical (unpaired) electrons. The average molecular weight is 273 g/mol. The van der Waals surface area contributed by atoms with Crippen LogP contribution >= 0.6 is 0 Å². The Morgan fingerprint density at radius 1 is 0.900 bits per heavy atom. The zero-order valence-electron chi connectivity index (χ0n) is 12.1. The number of hydrogen-bond acceptors (Lipinski definition) is 2. The predicted molar refractivity (Wildman–Crippen MR) is 80.6 cm³/mol. The van der Waals surface area contributed by atoms with Crippen LogP contribution in [0.1, 0.15) is 32.4 Å². The van der Waals surface area contributed by atoms with Gasteiger partial charge in [-0.2, -0.15) is 0 Å². The van der Waals surface area contributed by atoms with Gasteiger partial charge in [0.05, 0.1) is 6.10 Å². The van der Waals surface area contributed by atoms with E-state index in [0.29, 0.717) is 0 Å². The quantitative estimate of drug-likeness (QED) is 0.846. The first-order valence-corrected chi connectivity index (χ1v) is 6.83. The Morgan fingerprint density at radius 2 is 1.50 bits per heavy atom. The second-order valence-corrected chi connectivity index (χ2v) is 5.11. The lowest BCUT2D eigenvalue weighted by atomic mass is 10.1. The van der Waals surface area contributed by atoms with Crippen LogP contribution in [0.3, 0.4) is 0 Å². The molecule has 0 saturated carbocycles. The largest absolute Gasteiger partial charge is 0.491 e. The van der Waals surface area contributed by atoms with E-state index in [1.165, 1.54) is 12.1 Å². The van der Waals surface area contributed by atoms with Gasteiger partial charge in [0.25, 0.3) is 0 Å². The molecular weight excluding hydrogens is 253 g/mol. The minimum absolute atomic E-state index is 0.118. The summed E-state index contributed by atoms with van der Waals surface area (Å²) >= 11 is 0. The lowest BCUT2D eigenvalue weighted by Gasteiger charge is -2.16. The molecule has 0 aromatic heterocycles. The molecule has 2 aromatic carbocycles. The number of hydrogen-bond donors (Lipinski definition) is 1. The number of benzene rings is 2. The molecule has 1 unspecified atom stereocenters. The van der Waals surface area contributed by atoms with Gasteiger partial charge in [-0.15, -0.1) is 0 Å². The molecule has 20 heavy (non-hydrogen) atoms. The minimum Gasteiger partial charge on any atom is -0.491 e. The number of nitrogens with one attached hydrogen (secondary N) is 1. The molecule has 3 heteroatoms. The molecule has 0 bridgehead atoms. The van der Waals surface area contributed by atoms with Crippen molar-refractivity contribution in [3.63, 3.8) is 0 Å². The van der Waals surface area contributed by atoms with E-state index < -0.39 is 0 Å². The Balaban J connectivity index is 2.00. The summed E-state index contributed by atoms with van der Waals surface area (Å²) in [5, 5.41) is 3.38. The summed E-state index contributed by atoms with van der Waals surface area (Å²) in [6, 6.07) is 14.5. The van der Waals surface area contributed by atoms with Crippen molar-refractivity contribution in [2.75, 3.05) is 5.32 Å². The molecule has 0 aliphatic heterocycles. The first-order chi connectivity index (χ1) is 9.54. The molecule has 2 aromatic rings. The molecule has 2 nitrogen and oxygen atoms in total. The van der Waals surface area contributed by atoms with E-state index in [9.17, 15) is 4.39 Å². The number of rotatable bonds is 5. The predicted octanol–water partition coefficient (Wildman–Crippen LogP) is 4.79. The molecule has 1 atom stereocenters. The Morgan fingerprint density at radius 3 is 2.05 bits per heavy atom. The molecular formula is C17H20FNO. The Labute approximate surface area is 119 Å². The van der Waals surface area contributed by atoms with Gasteiger partial charge in [-0.05, 0) is 62.7 Å². The lowest BCUT2D eigenvalue weighted by Crippen LogP contribution is -2.07. The zero-order chi connectivity index (χ0) is 14.5. The van der Waals surface area contributed by atoms with Crippen molar-refractivity contribution in [1.82, 2.24) is 0 Å². The van der Waals surface area contributed by atoms with Crippen LogP contribution < -0.4 is 10.1 Å². The summed E-state index contributed by atoms with van der Waals surface area (Å²) in [4.78, 5) is 0. The van der Waals surface area contributed by atoms with Crippen LogP contribution in [0.2, 0.25) is 0 Å². The molecule has 0 amide bonds. The maximum absolute atomic E-state index is 12.9. The monoisotopic (exact) mass is 273 g/mol. The highest BCUT2D eigenvalue weighted by molar-refractivity contribution is 5.48. The van der Waals surface area contributed by atoms with Crippen molar-refractivity contribution in [1.29, 1.82) is 0 Å². The van der Waals surface area contributed by atoms with Crippen molar-refractivity contribution < 1.29 is 9.13 Å². The van der Waals surface area contributed by atoms with Crippen LogP contribution in [0.5, 0.6) is 5.75 Å². The van der Waals surface area contributed by atoms with E-state index in [1.807, 2.05) is 45.0 Å². The van der Waals surface area contributed by atoms with Crippen molar-refractivity contribution in [3.05, 3.63) is 59.9 Å². The van der Waals surface area contributed by atoms with E-state index in [1.54, 1.807) is 12.1 Å². The van der Waals surface area contributed by atoms with Crippen molar-refractivity contribution in [2.24, 2.45) is 0 Å². The van der Waals surface area contributed by atoms with E-state index >= 15 is 0 Å². The van der Waals surface area contributed by atoms with Crippen LogP contribution in [0.25, 0.3) is 0 Å². The van der Waals surface area contributed by atoms with Crippen LogP contribution in [0, 0.1) is 5.82 Å². The van der Waals surface area contributed by atoms with E-state index in [2.05, 4.69) is 5.32 Å². The zero-order valence-corrected chi connectivity index (χ0v) is 12.1. The van der Waals surface area contributed by atoms with Crippen LogP contribution in [-0.2, 0) is 0 Å². The van der Waals surface area contributed by atoms with Crippen molar-refractivity contribution in [3.8, 4) is 5.75 Å². The van der Waals surface area contributed by atoms with Crippen LogP contribution in [0.15, 0.2) is 48.5 Å². The van der Waals surface area contributed by atoms with Crippen molar-refractivity contribution >= 4 is 5.69 Å². The second-order valence-electron chi connectivity index (χ2n) is 5.11. The molecule has 0 aliphatic carbocycles. The number of ether oxygens (including phenoxy) is 1. The van der Waals surface area contributed by atoms with Gasteiger partial charge in [0, 0.05) is 11.7 Å². The van der Waals surface area contributed by atoms with E-state index in [0.717, 1.165) is 17.0 Å².